The zero-order valence-corrected chi connectivity index (χ0v) is 11.3. The molecule has 1 aromatic rings. The number of rotatable bonds is 2. The van der Waals surface area contributed by atoms with Gasteiger partial charge in [-0.1, -0.05) is 11.6 Å². The van der Waals surface area contributed by atoms with Crippen LogP contribution in [-0.2, 0) is 0 Å². The summed E-state index contributed by atoms with van der Waals surface area (Å²) in [5.41, 5.74) is 0. The van der Waals surface area contributed by atoms with E-state index in [1.54, 1.807) is 0 Å². The summed E-state index contributed by atoms with van der Waals surface area (Å²) in [6.45, 7) is 0. The van der Waals surface area contributed by atoms with E-state index >= 15 is 0 Å². The smallest absolute Gasteiger partial charge is 0.387 e. The van der Waals surface area contributed by atoms with E-state index in [9.17, 15) is 31.4 Å². The lowest BCUT2D eigenvalue weighted by atomic mass is 10.00. The SMILES string of the molecule is OC(c1cc(Br)c(Cl)s1)C(C(F)(F)F)C(F)(F)F. The van der Waals surface area contributed by atoms with E-state index in [0.717, 1.165) is 6.07 Å². The summed E-state index contributed by atoms with van der Waals surface area (Å²) < 4.78 is 74.1. The maximum atomic E-state index is 12.3. The third kappa shape index (κ3) is 3.52. The van der Waals surface area contributed by atoms with Gasteiger partial charge in [0.25, 0.3) is 0 Å². The first-order valence-electron chi connectivity index (χ1n) is 4.21. The molecule has 104 valence electrons. The third-order valence-corrected chi connectivity index (χ3v) is 4.52. The number of aliphatic hydroxyl groups excluding tert-OH is 1. The first-order chi connectivity index (χ1) is 7.94. The van der Waals surface area contributed by atoms with Crippen LogP contribution in [0.3, 0.4) is 0 Å². The lowest BCUT2D eigenvalue weighted by molar-refractivity contribution is -0.307. The van der Waals surface area contributed by atoms with Gasteiger partial charge in [-0.2, -0.15) is 26.3 Å². The van der Waals surface area contributed by atoms with E-state index in [2.05, 4.69) is 15.9 Å². The second-order valence-electron chi connectivity index (χ2n) is 3.28. The van der Waals surface area contributed by atoms with Gasteiger partial charge in [0.1, 0.15) is 10.4 Å². The second-order valence-corrected chi connectivity index (χ2v) is 5.82. The number of thiophene rings is 1. The second kappa shape index (κ2) is 5.18. The zero-order chi connectivity index (χ0) is 14.3. The van der Waals surface area contributed by atoms with Crippen LogP contribution in [0, 0.1) is 5.92 Å². The van der Waals surface area contributed by atoms with Crippen LogP contribution in [0.2, 0.25) is 4.34 Å². The Morgan fingerprint density at radius 2 is 1.61 bits per heavy atom. The number of alkyl halides is 6. The topological polar surface area (TPSA) is 20.2 Å². The first kappa shape index (κ1) is 16.1. The molecule has 0 bridgehead atoms. The Bertz CT molecular complexity index is 395. The van der Waals surface area contributed by atoms with Gasteiger partial charge in [0.15, 0.2) is 5.92 Å². The van der Waals surface area contributed by atoms with Crippen LogP contribution in [0.5, 0.6) is 0 Å². The quantitative estimate of drug-likeness (QED) is 0.724. The molecule has 0 aliphatic heterocycles. The van der Waals surface area contributed by atoms with Gasteiger partial charge in [0.05, 0.1) is 0 Å². The predicted octanol–water partition coefficient (Wildman–Crippen LogP) is 4.94. The monoisotopic (exact) mass is 376 g/mol. The van der Waals surface area contributed by atoms with Crippen LogP contribution in [0.4, 0.5) is 26.3 Å². The largest absolute Gasteiger partial charge is 0.403 e. The van der Waals surface area contributed by atoms with Crippen molar-refractivity contribution in [3.8, 4) is 0 Å². The first-order valence-corrected chi connectivity index (χ1v) is 6.19. The summed E-state index contributed by atoms with van der Waals surface area (Å²) in [6, 6.07) is 0.933. The molecule has 10 heteroatoms. The highest BCUT2D eigenvalue weighted by atomic mass is 79.9. The summed E-state index contributed by atoms with van der Waals surface area (Å²) in [6.07, 6.45) is -13.9. The summed E-state index contributed by atoms with van der Waals surface area (Å²) >= 11 is 8.80. The molecule has 0 spiro atoms. The van der Waals surface area contributed by atoms with E-state index in [1.165, 1.54) is 0 Å². The van der Waals surface area contributed by atoms with Gasteiger partial charge in [-0.3, -0.25) is 0 Å². The average Bonchev–Trinajstić information content (AvgIpc) is 2.41. The van der Waals surface area contributed by atoms with Gasteiger partial charge in [0, 0.05) is 9.35 Å². The van der Waals surface area contributed by atoms with Gasteiger partial charge < -0.3 is 5.11 Å². The van der Waals surface area contributed by atoms with Crippen LogP contribution < -0.4 is 0 Å². The Morgan fingerprint density at radius 1 is 1.17 bits per heavy atom. The molecule has 0 saturated carbocycles. The van der Waals surface area contributed by atoms with Crippen molar-refractivity contribution < 1.29 is 31.4 Å². The summed E-state index contributed by atoms with van der Waals surface area (Å²) in [5, 5.41) is 9.28. The highest BCUT2D eigenvalue weighted by molar-refractivity contribution is 9.10. The molecule has 0 amide bonds. The summed E-state index contributed by atoms with van der Waals surface area (Å²) in [7, 11) is 0. The number of aliphatic hydroxyl groups is 1. The van der Waals surface area contributed by atoms with E-state index in [0.29, 0.717) is 11.3 Å². The average molecular weight is 378 g/mol. The minimum absolute atomic E-state index is 0.0350. The molecule has 18 heavy (non-hydrogen) atoms. The molecule has 1 nitrogen and oxygen atoms in total. The third-order valence-electron chi connectivity index (χ3n) is 1.98. The predicted molar refractivity (Wildman–Crippen MR) is 57.6 cm³/mol. The van der Waals surface area contributed by atoms with Gasteiger partial charge in [-0.25, -0.2) is 0 Å². The van der Waals surface area contributed by atoms with E-state index < -0.39 is 29.3 Å². The minimum atomic E-state index is -5.60. The molecule has 1 rings (SSSR count). The van der Waals surface area contributed by atoms with E-state index in [-0.39, 0.29) is 8.81 Å². The molecule has 1 atom stereocenters. The van der Waals surface area contributed by atoms with Crippen LogP contribution in [0.25, 0.3) is 0 Å². The molecule has 0 fully saturated rings. The Morgan fingerprint density at radius 3 is 1.89 bits per heavy atom. The molecule has 0 aliphatic carbocycles. The van der Waals surface area contributed by atoms with Crippen molar-refractivity contribution in [1.29, 1.82) is 0 Å². The van der Waals surface area contributed by atoms with E-state index in [4.69, 9.17) is 11.6 Å². The van der Waals surface area contributed by atoms with Crippen molar-refractivity contribution in [2.75, 3.05) is 0 Å². The molecular weight excluding hydrogens is 373 g/mol. The van der Waals surface area contributed by atoms with Crippen LogP contribution in [0.15, 0.2) is 10.5 Å². The van der Waals surface area contributed by atoms with Crippen LogP contribution >= 0.6 is 38.9 Å². The van der Waals surface area contributed by atoms with Crippen molar-refractivity contribution in [3.05, 3.63) is 19.8 Å². The van der Waals surface area contributed by atoms with E-state index in [1.807, 2.05) is 0 Å². The molecule has 0 saturated heterocycles. The number of hydrogen-bond acceptors (Lipinski definition) is 2. The molecule has 1 aromatic heterocycles. The molecule has 0 aromatic carbocycles. The Balaban J connectivity index is 3.15. The van der Waals surface area contributed by atoms with Crippen molar-refractivity contribution in [2.45, 2.75) is 18.5 Å². The van der Waals surface area contributed by atoms with Crippen LogP contribution in [-0.4, -0.2) is 17.5 Å². The summed E-state index contributed by atoms with van der Waals surface area (Å²) in [4.78, 5) is -0.508. The minimum Gasteiger partial charge on any atom is -0.387 e. The molecule has 0 aliphatic rings. The van der Waals surface area contributed by atoms with Gasteiger partial charge in [0.2, 0.25) is 0 Å². The summed E-state index contributed by atoms with van der Waals surface area (Å²) in [5.74, 6) is -3.84. The Hall–Kier alpha value is 0.01000. The fraction of sp³-hybridized carbons (Fsp3) is 0.500. The Labute approximate surface area is 114 Å². The van der Waals surface area contributed by atoms with Crippen molar-refractivity contribution in [1.82, 2.24) is 0 Å². The fourth-order valence-corrected chi connectivity index (χ4v) is 2.98. The van der Waals surface area contributed by atoms with Gasteiger partial charge >= 0.3 is 12.4 Å². The fourth-order valence-electron chi connectivity index (χ4n) is 1.22. The number of halogens is 8. The zero-order valence-electron chi connectivity index (χ0n) is 8.11. The molecule has 1 heterocycles. The maximum Gasteiger partial charge on any atom is 0.403 e. The number of hydrogen-bond donors (Lipinski definition) is 1. The molecular formula is C8H4BrClF6OS. The highest BCUT2D eigenvalue weighted by Crippen LogP contribution is 2.48. The van der Waals surface area contributed by atoms with Crippen molar-refractivity contribution in [2.24, 2.45) is 5.92 Å². The van der Waals surface area contributed by atoms with Gasteiger partial charge in [-0.15, -0.1) is 11.3 Å². The lowest BCUT2D eigenvalue weighted by Crippen LogP contribution is -2.40. The lowest BCUT2D eigenvalue weighted by Gasteiger charge is -2.26. The Kier molecular flexibility index (Phi) is 4.62. The maximum absolute atomic E-state index is 12.3. The molecule has 0 radical (unpaired) electrons. The van der Waals surface area contributed by atoms with Crippen molar-refractivity contribution >= 4 is 38.9 Å². The van der Waals surface area contributed by atoms with Crippen LogP contribution in [0.1, 0.15) is 11.0 Å². The normalized spacial score (nSPS) is 15.2. The standard InChI is InChI=1S/C8H4BrClF6OS/c9-2-1-3(18-6(2)10)4(17)5(7(11,12)13)8(14,15)16/h1,4-5,17H. The van der Waals surface area contributed by atoms with Crippen molar-refractivity contribution in [3.63, 3.8) is 0 Å². The molecule has 1 unspecified atom stereocenters. The molecule has 1 N–H and O–H groups in total. The van der Waals surface area contributed by atoms with Gasteiger partial charge in [-0.05, 0) is 22.0 Å². The highest BCUT2D eigenvalue weighted by Gasteiger charge is 2.60.